The molecule has 2 rings (SSSR count). The smallest absolute Gasteiger partial charge is 0.320 e. The van der Waals surface area contributed by atoms with Gasteiger partial charge in [0.1, 0.15) is 12.6 Å². The van der Waals surface area contributed by atoms with Gasteiger partial charge in [-0.2, -0.15) is 0 Å². The molecule has 0 fully saturated rings. The molecule has 0 spiro atoms. The van der Waals surface area contributed by atoms with Gasteiger partial charge in [0, 0.05) is 11.6 Å². The summed E-state index contributed by atoms with van der Waals surface area (Å²) in [6.07, 6.45) is 0. The van der Waals surface area contributed by atoms with Gasteiger partial charge in [-0.3, -0.25) is 4.79 Å². The minimum atomic E-state index is -0.886. The molecule has 0 aliphatic carbocycles. The van der Waals surface area contributed by atoms with Crippen LogP contribution in [0.4, 0.5) is 0 Å². The lowest BCUT2D eigenvalue weighted by Crippen LogP contribution is -2.33. The van der Waals surface area contributed by atoms with Gasteiger partial charge >= 0.3 is 5.97 Å². The monoisotopic (exact) mass is 349 g/mol. The molecule has 0 radical (unpaired) electrons. The first-order valence-electron chi connectivity index (χ1n) is 7.50. The average Bonchev–Trinajstić information content (AvgIpc) is 2.58. The van der Waals surface area contributed by atoms with Crippen LogP contribution in [0.25, 0.3) is 0 Å². The van der Waals surface area contributed by atoms with E-state index in [9.17, 15) is 4.79 Å². The van der Waals surface area contributed by atoms with E-state index in [0.29, 0.717) is 29.7 Å². The van der Waals surface area contributed by atoms with Crippen LogP contribution in [0.2, 0.25) is 5.02 Å². The van der Waals surface area contributed by atoms with Gasteiger partial charge in [-0.15, -0.1) is 0 Å². The van der Waals surface area contributed by atoms with Crippen LogP contribution in [-0.4, -0.2) is 24.2 Å². The number of carbonyl (C=O) groups is 1. The zero-order chi connectivity index (χ0) is 17.5. The Balaban J connectivity index is 2.01. The van der Waals surface area contributed by atoms with Crippen LogP contribution >= 0.6 is 11.6 Å². The van der Waals surface area contributed by atoms with Gasteiger partial charge in [0.2, 0.25) is 0 Å². The lowest BCUT2D eigenvalue weighted by Gasteiger charge is -2.14. The minimum Gasteiger partial charge on any atom is -0.493 e. The van der Waals surface area contributed by atoms with Crippen molar-refractivity contribution in [2.45, 2.75) is 26.1 Å². The van der Waals surface area contributed by atoms with E-state index in [1.165, 1.54) is 0 Å². The van der Waals surface area contributed by atoms with Crippen molar-refractivity contribution >= 4 is 17.6 Å². The molecule has 1 atom stereocenters. The summed E-state index contributed by atoms with van der Waals surface area (Å²) < 4.78 is 11.1. The quantitative estimate of drug-likeness (QED) is 0.763. The van der Waals surface area contributed by atoms with Gasteiger partial charge in [-0.25, -0.2) is 0 Å². The van der Waals surface area contributed by atoms with Crippen molar-refractivity contribution in [3.05, 3.63) is 58.6 Å². The highest BCUT2D eigenvalue weighted by Crippen LogP contribution is 2.29. The second-order valence-corrected chi connectivity index (χ2v) is 5.78. The molecule has 0 saturated heterocycles. The first kappa shape index (κ1) is 18.1. The maximum absolute atomic E-state index is 10.8. The average molecular weight is 350 g/mol. The summed E-state index contributed by atoms with van der Waals surface area (Å²) in [5, 5.41) is 12.5. The molecular formula is C18H20ClNO4. The molecule has 1 unspecified atom stereocenters. The number of rotatable bonds is 8. The number of hydrogen-bond donors (Lipinski definition) is 2. The number of carboxylic acid groups (broad SMARTS) is 1. The normalized spacial score (nSPS) is 11.8. The molecule has 2 aromatic carbocycles. The van der Waals surface area contributed by atoms with E-state index in [0.717, 1.165) is 11.1 Å². The van der Waals surface area contributed by atoms with Crippen LogP contribution in [-0.2, 0) is 17.9 Å². The Morgan fingerprint density at radius 1 is 1.21 bits per heavy atom. The number of aliphatic carboxylic acids is 1. The van der Waals surface area contributed by atoms with Crippen LogP contribution in [0.1, 0.15) is 18.1 Å². The van der Waals surface area contributed by atoms with E-state index < -0.39 is 12.0 Å². The highest BCUT2D eigenvalue weighted by Gasteiger charge is 2.11. The maximum Gasteiger partial charge on any atom is 0.320 e. The predicted molar refractivity (Wildman–Crippen MR) is 92.7 cm³/mol. The fraction of sp³-hybridized carbons (Fsp3) is 0.278. The highest BCUT2D eigenvalue weighted by molar-refractivity contribution is 6.30. The summed E-state index contributed by atoms with van der Waals surface area (Å²) in [5.41, 5.74) is 1.88. The summed E-state index contributed by atoms with van der Waals surface area (Å²) in [4.78, 5) is 10.8. The second kappa shape index (κ2) is 8.57. The number of hydrogen-bond acceptors (Lipinski definition) is 4. The molecule has 0 aliphatic heterocycles. The zero-order valence-electron chi connectivity index (χ0n) is 13.6. The Bertz CT molecular complexity index is 705. The Morgan fingerprint density at radius 2 is 2.00 bits per heavy atom. The third-order valence-electron chi connectivity index (χ3n) is 3.49. The third kappa shape index (κ3) is 5.15. The number of benzene rings is 2. The molecule has 6 heteroatoms. The third-order valence-corrected chi connectivity index (χ3v) is 3.73. The van der Waals surface area contributed by atoms with Crippen LogP contribution < -0.4 is 14.8 Å². The molecule has 0 aromatic heterocycles. The first-order valence-corrected chi connectivity index (χ1v) is 7.87. The summed E-state index contributed by atoms with van der Waals surface area (Å²) in [7, 11) is 1.57. The van der Waals surface area contributed by atoms with Crippen molar-refractivity contribution in [1.29, 1.82) is 0 Å². The van der Waals surface area contributed by atoms with Gasteiger partial charge in [0.25, 0.3) is 0 Å². The summed E-state index contributed by atoms with van der Waals surface area (Å²) in [5.74, 6) is 0.329. The van der Waals surface area contributed by atoms with Crippen LogP contribution in [0.15, 0.2) is 42.5 Å². The van der Waals surface area contributed by atoms with E-state index in [-0.39, 0.29) is 0 Å². The van der Waals surface area contributed by atoms with Gasteiger partial charge in [0.05, 0.1) is 7.11 Å². The number of methoxy groups -OCH3 is 1. The lowest BCUT2D eigenvalue weighted by molar-refractivity contribution is -0.139. The predicted octanol–water partition coefficient (Wildman–Crippen LogP) is 3.49. The van der Waals surface area contributed by atoms with E-state index in [2.05, 4.69) is 5.32 Å². The SMILES string of the molecule is COc1cc(CNC(C)C(=O)O)ccc1OCc1cccc(Cl)c1. The Labute approximate surface area is 146 Å². The van der Waals surface area contributed by atoms with Crippen molar-refractivity contribution < 1.29 is 19.4 Å². The second-order valence-electron chi connectivity index (χ2n) is 5.34. The molecule has 0 saturated carbocycles. The Morgan fingerprint density at radius 3 is 2.67 bits per heavy atom. The van der Waals surface area contributed by atoms with Crippen LogP contribution in [0.3, 0.4) is 0 Å². The van der Waals surface area contributed by atoms with Gasteiger partial charge in [-0.1, -0.05) is 29.8 Å². The molecule has 0 bridgehead atoms. The van der Waals surface area contributed by atoms with Crippen molar-refractivity contribution in [3.8, 4) is 11.5 Å². The van der Waals surface area contributed by atoms with E-state index in [1.54, 1.807) is 14.0 Å². The topological polar surface area (TPSA) is 67.8 Å². The lowest BCUT2D eigenvalue weighted by atomic mass is 10.2. The molecular weight excluding hydrogens is 330 g/mol. The maximum atomic E-state index is 10.8. The van der Waals surface area contributed by atoms with E-state index in [4.69, 9.17) is 26.2 Å². The first-order chi connectivity index (χ1) is 11.5. The minimum absolute atomic E-state index is 0.380. The molecule has 128 valence electrons. The largest absolute Gasteiger partial charge is 0.493 e. The standard InChI is InChI=1S/C18H20ClNO4/c1-12(18(21)22)20-10-13-6-7-16(17(9-13)23-2)24-11-14-4-3-5-15(19)8-14/h3-9,12,20H,10-11H2,1-2H3,(H,21,22). The fourth-order valence-electron chi connectivity index (χ4n) is 2.09. The van der Waals surface area contributed by atoms with E-state index >= 15 is 0 Å². The van der Waals surface area contributed by atoms with Crippen LogP contribution in [0.5, 0.6) is 11.5 Å². The van der Waals surface area contributed by atoms with Gasteiger partial charge in [0.15, 0.2) is 11.5 Å². The van der Waals surface area contributed by atoms with Gasteiger partial charge < -0.3 is 19.9 Å². The summed E-state index contributed by atoms with van der Waals surface area (Å²) >= 11 is 5.96. The van der Waals surface area contributed by atoms with Crippen molar-refractivity contribution in [2.75, 3.05) is 7.11 Å². The zero-order valence-corrected chi connectivity index (χ0v) is 14.3. The summed E-state index contributed by atoms with van der Waals surface area (Å²) in [6, 6.07) is 12.4. The molecule has 2 aromatic rings. The molecule has 0 amide bonds. The number of ether oxygens (including phenoxy) is 2. The van der Waals surface area contributed by atoms with E-state index in [1.807, 2.05) is 42.5 Å². The van der Waals surface area contributed by atoms with Crippen molar-refractivity contribution in [2.24, 2.45) is 0 Å². The highest BCUT2D eigenvalue weighted by atomic mass is 35.5. The molecule has 2 N–H and O–H groups in total. The van der Waals surface area contributed by atoms with Gasteiger partial charge in [-0.05, 0) is 42.3 Å². The molecule has 0 aliphatic rings. The Kier molecular flexibility index (Phi) is 6.46. The molecule has 5 nitrogen and oxygen atoms in total. The fourth-order valence-corrected chi connectivity index (χ4v) is 2.30. The molecule has 24 heavy (non-hydrogen) atoms. The number of halogens is 1. The van der Waals surface area contributed by atoms with Crippen molar-refractivity contribution in [3.63, 3.8) is 0 Å². The van der Waals surface area contributed by atoms with Crippen molar-refractivity contribution in [1.82, 2.24) is 5.32 Å². The van der Waals surface area contributed by atoms with Crippen LogP contribution in [0, 0.1) is 0 Å². The Hall–Kier alpha value is -2.24. The molecule has 0 heterocycles. The summed E-state index contributed by atoms with van der Waals surface area (Å²) in [6.45, 7) is 2.41. The number of carboxylic acids is 1. The number of nitrogens with one attached hydrogen (secondary N) is 1.